The van der Waals surface area contributed by atoms with E-state index in [0.717, 1.165) is 26.2 Å². The molecule has 0 saturated heterocycles. The summed E-state index contributed by atoms with van der Waals surface area (Å²) in [4.78, 5) is 10.3. The Morgan fingerprint density at radius 1 is 1.41 bits per heavy atom. The number of aromatic nitrogens is 2. The number of nitrogens with one attached hydrogen (secondary N) is 2. The lowest BCUT2D eigenvalue weighted by atomic mass is 10.4. The second-order valence-corrected chi connectivity index (χ2v) is 3.90. The second kappa shape index (κ2) is 7.26. The average Bonchev–Trinajstić information content (AvgIpc) is 2.36. The fourth-order valence-corrected chi connectivity index (χ4v) is 1.59. The first-order valence-corrected chi connectivity index (χ1v) is 6.04. The topological polar surface area (TPSA) is 79.1 Å². The molecule has 0 radical (unpaired) electrons. The monoisotopic (exact) mass is 258 g/mol. The number of halogens is 1. The smallest absolute Gasteiger partial charge is 0.239 e. The predicted octanol–water partition coefficient (Wildman–Crippen LogP) is 1.17. The Balaban J connectivity index is 2.50. The zero-order valence-electron chi connectivity index (χ0n) is 10.2. The van der Waals surface area contributed by atoms with E-state index in [1.165, 1.54) is 6.20 Å². The van der Waals surface area contributed by atoms with Gasteiger partial charge in [0.1, 0.15) is 5.02 Å². The van der Waals surface area contributed by atoms with E-state index in [1.807, 2.05) is 0 Å². The lowest BCUT2D eigenvalue weighted by Gasteiger charge is -2.18. The van der Waals surface area contributed by atoms with Gasteiger partial charge in [-0.1, -0.05) is 25.4 Å². The lowest BCUT2D eigenvalue weighted by Crippen LogP contribution is -2.28. The van der Waals surface area contributed by atoms with Gasteiger partial charge < -0.3 is 10.2 Å². The van der Waals surface area contributed by atoms with Crippen molar-refractivity contribution in [2.75, 3.05) is 36.9 Å². The van der Waals surface area contributed by atoms with Crippen LogP contribution in [0.25, 0.3) is 0 Å². The van der Waals surface area contributed by atoms with Crippen molar-refractivity contribution in [1.29, 1.82) is 0 Å². The van der Waals surface area contributed by atoms with E-state index in [0.29, 0.717) is 16.8 Å². The summed E-state index contributed by atoms with van der Waals surface area (Å²) in [5, 5.41) is 3.66. The standard InChI is InChI=1S/C10H19ClN6/c1-3-17(4-2)6-5-13-9-8(11)7-14-10(15-9)16-12/h7H,3-6,12H2,1-2H3,(H2,13,14,15,16). The molecule has 0 bridgehead atoms. The van der Waals surface area contributed by atoms with Crippen molar-refractivity contribution in [3.63, 3.8) is 0 Å². The Hall–Kier alpha value is -1.11. The van der Waals surface area contributed by atoms with Crippen LogP contribution < -0.4 is 16.6 Å². The molecule has 0 aliphatic carbocycles. The summed E-state index contributed by atoms with van der Waals surface area (Å²) in [7, 11) is 0. The van der Waals surface area contributed by atoms with Gasteiger partial charge in [0.15, 0.2) is 5.82 Å². The molecule has 0 aromatic carbocycles. The highest BCUT2D eigenvalue weighted by Gasteiger charge is 2.05. The van der Waals surface area contributed by atoms with Crippen molar-refractivity contribution in [3.05, 3.63) is 11.2 Å². The molecule has 1 heterocycles. The summed E-state index contributed by atoms with van der Waals surface area (Å²) in [5.74, 6) is 6.18. The fourth-order valence-electron chi connectivity index (χ4n) is 1.43. The van der Waals surface area contributed by atoms with Crippen LogP contribution >= 0.6 is 11.6 Å². The Bertz CT molecular complexity index is 342. The van der Waals surface area contributed by atoms with Gasteiger partial charge in [-0.3, -0.25) is 5.43 Å². The van der Waals surface area contributed by atoms with Gasteiger partial charge in [0.2, 0.25) is 5.95 Å². The minimum absolute atomic E-state index is 0.347. The number of hydrogen-bond donors (Lipinski definition) is 3. The van der Waals surface area contributed by atoms with Gasteiger partial charge in [-0.05, 0) is 13.1 Å². The van der Waals surface area contributed by atoms with Gasteiger partial charge in [0.25, 0.3) is 0 Å². The Morgan fingerprint density at radius 3 is 2.71 bits per heavy atom. The Labute approximate surface area is 107 Å². The molecule has 0 unspecified atom stereocenters. The van der Waals surface area contributed by atoms with E-state index < -0.39 is 0 Å². The third-order valence-electron chi connectivity index (χ3n) is 2.49. The van der Waals surface area contributed by atoms with Crippen molar-refractivity contribution in [2.24, 2.45) is 5.84 Å². The number of likely N-dealkylation sites (N-methyl/N-ethyl adjacent to an activating group) is 1. The van der Waals surface area contributed by atoms with Gasteiger partial charge >= 0.3 is 0 Å². The highest BCUT2D eigenvalue weighted by molar-refractivity contribution is 6.32. The van der Waals surface area contributed by atoms with Gasteiger partial charge in [0, 0.05) is 13.1 Å². The first-order chi connectivity index (χ1) is 8.21. The van der Waals surface area contributed by atoms with E-state index >= 15 is 0 Å². The molecule has 6 nitrogen and oxygen atoms in total. The number of hydrogen-bond acceptors (Lipinski definition) is 6. The van der Waals surface area contributed by atoms with Crippen LogP contribution in [0.15, 0.2) is 6.20 Å². The molecule has 96 valence electrons. The summed E-state index contributed by atoms with van der Waals surface area (Å²) < 4.78 is 0. The van der Waals surface area contributed by atoms with Crippen LogP contribution in [-0.2, 0) is 0 Å². The normalized spacial score (nSPS) is 10.6. The van der Waals surface area contributed by atoms with Crippen LogP contribution in [0.5, 0.6) is 0 Å². The third-order valence-corrected chi connectivity index (χ3v) is 2.76. The van der Waals surface area contributed by atoms with E-state index in [1.54, 1.807) is 0 Å². The second-order valence-electron chi connectivity index (χ2n) is 3.49. The maximum Gasteiger partial charge on any atom is 0.239 e. The molecule has 0 atom stereocenters. The van der Waals surface area contributed by atoms with Crippen molar-refractivity contribution >= 4 is 23.4 Å². The van der Waals surface area contributed by atoms with Gasteiger partial charge in [-0.25, -0.2) is 10.8 Å². The summed E-state index contributed by atoms with van der Waals surface area (Å²) in [6.07, 6.45) is 1.52. The van der Waals surface area contributed by atoms with Gasteiger partial charge in [-0.15, -0.1) is 0 Å². The van der Waals surface area contributed by atoms with E-state index in [4.69, 9.17) is 17.4 Å². The van der Waals surface area contributed by atoms with Crippen LogP contribution in [0.1, 0.15) is 13.8 Å². The molecule has 0 saturated carbocycles. The number of rotatable bonds is 7. The zero-order chi connectivity index (χ0) is 12.7. The van der Waals surface area contributed by atoms with Crippen LogP contribution in [-0.4, -0.2) is 41.0 Å². The summed E-state index contributed by atoms with van der Waals surface area (Å²) in [6, 6.07) is 0. The van der Waals surface area contributed by atoms with Crippen molar-refractivity contribution in [1.82, 2.24) is 14.9 Å². The van der Waals surface area contributed by atoms with Crippen molar-refractivity contribution < 1.29 is 0 Å². The Morgan fingerprint density at radius 2 is 2.12 bits per heavy atom. The molecular weight excluding hydrogens is 240 g/mol. The molecule has 4 N–H and O–H groups in total. The highest BCUT2D eigenvalue weighted by Crippen LogP contribution is 2.18. The summed E-state index contributed by atoms with van der Waals surface area (Å²) in [5.41, 5.74) is 2.38. The zero-order valence-corrected chi connectivity index (χ0v) is 11.0. The fraction of sp³-hybridized carbons (Fsp3) is 0.600. The highest BCUT2D eigenvalue weighted by atomic mass is 35.5. The SMILES string of the molecule is CCN(CC)CCNc1nc(NN)ncc1Cl. The third kappa shape index (κ3) is 4.33. The minimum atomic E-state index is 0.347. The maximum absolute atomic E-state index is 5.97. The predicted molar refractivity (Wildman–Crippen MR) is 71.1 cm³/mol. The van der Waals surface area contributed by atoms with E-state index in [2.05, 4.69) is 39.5 Å². The minimum Gasteiger partial charge on any atom is -0.367 e. The summed E-state index contributed by atoms with van der Waals surface area (Å²) >= 11 is 5.97. The maximum atomic E-state index is 5.97. The number of nitrogens with zero attached hydrogens (tertiary/aromatic N) is 3. The number of hydrazine groups is 1. The van der Waals surface area contributed by atoms with Gasteiger partial charge in [-0.2, -0.15) is 4.98 Å². The molecule has 1 aromatic rings. The Kier molecular flexibility index (Phi) is 5.96. The first-order valence-electron chi connectivity index (χ1n) is 5.66. The van der Waals surface area contributed by atoms with E-state index in [-0.39, 0.29) is 0 Å². The number of nitrogens with two attached hydrogens (primary N) is 1. The first kappa shape index (κ1) is 14.0. The average molecular weight is 259 g/mol. The largest absolute Gasteiger partial charge is 0.367 e. The molecule has 0 spiro atoms. The molecular formula is C10H19ClN6. The number of anilines is 2. The van der Waals surface area contributed by atoms with Crippen LogP contribution in [0.2, 0.25) is 5.02 Å². The summed E-state index contributed by atoms with van der Waals surface area (Å²) in [6.45, 7) is 8.06. The molecule has 1 aromatic heterocycles. The molecule has 7 heteroatoms. The molecule has 0 fully saturated rings. The van der Waals surface area contributed by atoms with Crippen LogP contribution in [0, 0.1) is 0 Å². The molecule has 0 amide bonds. The van der Waals surface area contributed by atoms with Crippen LogP contribution in [0.3, 0.4) is 0 Å². The van der Waals surface area contributed by atoms with Crippen molar-refractivity contribution in [3.8, 4) is 0 Å². The molecule has 0 aliphatic rings. The van der Waals surface area contributed by atoms with Crippen molar-refractivity contribution in [2.45, 2.75) is 13.8 Å². The lowest BCUT2D eigenvalue weighted by molar-refractivity contribution is 0.316. The number of nitrogen functional groups attached to an aromatic ring is 1. The molecule has 0 aliphatic heterocycles. The van der Waals surface area contributed by atoms with Crippen LogP contribution in [0.4, 0.5) is 11.8 Å². The van der Waals surface area contributed by atoms with E-state index in [9.17, 15) is 0 Å². The molecule has 17 heavy (non-hydrogen) atoms. The quantitative estimate of drug-likeness (QED) is 0.503. The molecule has 1 rings (SSSR count). The van der Waals surface area contributed by atoms with Gasteiger partial charge in [0.05, 0.1) is 6.20 Å².